The molecule has 0 fully saturated rings. The van der Waals surface area contributed by atoms with Gasteiger partial charge in [-0.15, -0.1) is 0 Å². The quantitative estimate of drug-likeness (QED) is 0.747. The summed E-state index contributed by atoms with van der Waals surface area (Å²) in [6.45, 7) is 0.498. The van der Waals surface area contributed by atoms with Gasteiger partial charge in [0.2, 0.25) is 0 Å². The molecule has 0 unspecified atom stereocenters. The van der Waals surface area contributed by atoms with E-state index in [1.54, 1.807) is 7.11 Å². The molecule has 4 heteroatoms. The van der Waals surface area contributed by atoms with Gasteiger partial charge in [0.15, 0.2) is 0 Å². The summed E-state index contributed by atoms with van der Waals surface area (Å²) in [5, 5.41) is 1.16. The first-order valence-corrected chi connectivity index (χ1v) is 6.78. The number of nitrogens with two attached hydrogens (primary N) is 1. The number of benzene rings is 2. The molecule has 4 nitrogen and oxygen atoms in total. The second-order valence-electron chi connectivity index (χ2n) is 4.98. The van der Waals surface area contributed by atoms with Crippen molar-refractivity contribution in [1.29, 1.82) is 0 Å². The molecule has 1 heterocycles. The van der Waals surface area contributed by atoms with Crippen molar-refractivity contribution in [2.24, 2.45) is 7.05 Å². The predicted octanol–water partition coefficient (Wildman–Crippen LogP) is 3.35. The Kier molecular flexibility index (Phi) is 3.44. The molecular weight excluding hydrogens is 264 g/mol. The van der Waals surface area contributed by atoms with Crippen molar-refractivity contribution in [2.45, 2.75) is 6.61 Å². The van der Waals surface area contributed by atoms with Gasteiger partial charge >= 0.3 is 0 Å². The maximum Gasteiger partial charge on any atom is 0.128 e. The largest absolute Gasteiger partial charge is 0.497 e. The first-order chi connectivity index (χ1) is 10.2. The zero-order chi connectivity index (χ0) is 14.8. The molecule has 0 aliphatic rings. The highest BCUT2D eigenvalue weighted by atomic mass is 16.5. The molecule has 3 rings (SSSR count). The van der Waals surface area contributed by atoms with E-state index in [1.807, 2.05) is 49.5 Å². The third kappa shape index (κ3) is 2.65. The van der Waals surface area contributed by atoms with Gasteiger partial charge in [-0.05, 0) is 30.3 Å². The summed E-state index contributed by atoms with van der Waals surface area (Å²) in [5.41, 5.74) is 8.81. The van der Waals surface area contributed by atoms with Gasteiger partial charge in [-0.1, -0.05) is 12.1 Å². The highest BCUT2D eigenvalue weighted by molar-refractivity contribution is 5.84. The zero-order valence-corrected chi connectivity index (χ0v) is 12.2. The topological polar surface area (TPSA) is 49.4 Å². The van der Waals surface area contributed by atoms with E-state index in [9.17, 15) is 0 Å². The molecule has 0 radical (unpaired) electrons. The molecule has 3 aromatic rings. The van der Waals surface area contributed by atoms with E-state index in [1.165, 1.54) is 0 Å². The average Bonchev–Trinajstić information content (AvgIpc) is 2.82. The van der Waals surface area contributed by atoms with Gasteiger partial charge in [0.05, 0.1) is 18.3 Å². The SMILES string of the molecule is COc1cccc(OCc2cc3ccc(N)cc3n2C)c1. The molecule has 108 valence electrons. The minimum atomic E-state index is 0.498. The second-order valence-corrected chi connectivity index (χ2v) is 4.98. The lowest BCUT2D eigenvalue weighted by molar-refractivity contribution is 0.295. The minimum absolute atomic E-state index is 0.498. The van der Waals surface area contributed by atoms with E-state index in [-0.39, 0.29) is 0 Å². The van der Waals surface area contributed by atoms with Crippen molar-refractivity contribution >= 4 is 16.6 Å². The molecular formula is C17H18N2O2. The third-order valence-corrected chi connectivity index (χ3v) is 3.60. The molecule has 0 aliphatic carbocycles. The Morgan fingerprint density at radius 2 is 1.86 bits per heavy atom. The number of aromatic nitrogens is 1. The Morgan fingerprint density at radius 3 is 2.67 bits per heavy atom. The van der Waals surface area contributed by atoms with Crippen LogP contribution in [0.2, 0.25) is 0 Å². The molecule has 1 aromatic heterocycles. The number of hydrogen-bond donors (Lipinski definition) is 1. The molecule has 2 aromatic carbocycles. The van der Waals surface area contributed by atoms with Gasteiger partial charge < -0.3 is 19.8 Å². The lowest BCUT2D eigenvalue weighted by Gasteiger charge is -2.09. The molecule has 0 aliphatic heterocycles. The van der Waals surface area contributed by atoms with Gasteiger partial charge in [-0.3, -0.25) is 0 Å². The van der Waals surface area contributed by atoms with E-state index < -0.39 is 0 Å². The van der Waals surface area contributed by atoms with Crippen LogP contribution in [0.25, 0.3) is 10.9 Å². The van der Waals surface area contributed by atoms with Crippen molar-refractivity contribution in [3.8, 4) is 11.5 Å². The zero-order valence-electron chi connectivity index (χ0n) is 12.2. The third-order valence-electron chi connectivity index (χ3n) is 3.60. The Labute approximate surface area is 123 Å². The smallest absolute Gasteiger partial charge is 0.128 e. The Morgan fingerprint density at radius 1 is 1.05 bits per heavy atom. The normalized spacial score (nSPS) is 10.8. The number of rotatable bonds is 4. The fourth-order valence-corrected chi connectivity index (χ4v) is 2.39. The van der Waals surface area contributed by atoms with E-state index in [2.05, 4.69) is 10.6 Å². The summed E-state index contributed by atoms with van der Waals surface area (Å²) in [6.07, 6.45) is 0. The average molecular weight is 282 g/mol. The van der Waals surface area contributed by atoms with Crippen molar-refractivity contribution in [3.63, 3.8) is 0 Å². The fraction of sp³-hybridized carbons (Fsp3) is 0.176. The van der Waals surface area contributed by atoms with Crippen LogP contribution in [0, 0.1) is 0 Å². The number of fused-ring (bicyclic) bond motifs is 1. The lowest BCUT2D eigenvalue weighted by atomic mass is 10.2. The van der Waals surface area contributed by atoms with Crippen LogP contribution in [-0.4, -0.2) is 11.7 Å². The lowest BCUT2D eigenvalue weighted by Crippen LogP contribution is -2.02. The predicted molar refractivity (Wildman–Crippen MR) is 84.7 cm³/mol. The second kappa shape index (κ2) is 5.40. The fourth-order valence-electron chi connectivity index (χ4n) is 2.39. The Bertz CT molecular complexity index is 778. The van der Waals surface area contributed by atoms with Gasteiger partial charge in [-0.25, -0.2) is 0 Å². The number of ether oxygens (including phenoxy) is 2. The highest BCUT2D eigenvalue weighted by Gasteiger charge is 2.07. The van der Waals surface area contributed by atoms with Crippen molar-refractivity contribution < 1.29 is 9.47 Å². The van der Waals surface area contributed by atoms with E-state index in [0.717, 1.165) is 33.8 Å². The van der Waals surface area contributed by atoms with Crippen molar-refractivity contribution in [1.82, 2.24) is 4.57 Å². The van der Waals surface area contributed by atoms with Gasteiger partial charge in [0.25, 0.3) is 0 Å². The van der Waals surface area contributed by atoms with Crippen molar-refractivity contribution in [3.05, 3.63) is 54.2 Å². The van der Waals surface area contributed by atoms with Crippen LogP contribution in [0.1, 0.15) is 5.69 Å². The first-order valence-electron chi connectivity index (χ1n) is 6.78. The van der Waals surface area contributed by atoms with E-state index in [0.29, 0.717) is 6.61 Å². The van der Waals surface area contributed by atoms with Crippen LogP contribution in [0.3, 0.4) is 0 Å². The minimum Gasteiger partial charge on any atom is -0.497 e. The molecule has 0 amide bonds. The van der Waals surface area contributed by atoms with E-state index in [4.69, 9.17) is 15.2 Å². The molecule has 21 heavy (non-hydrogen) atoms. The summed E-state index contributed by atoms with van der Waals surface area (Å²) in [4.78, 5) is 0. The number of nitrogen functional groups attached to an aromatic ring is 1. The number of hydrogen-bond acceptors (Lipinski definition) is 3. The maximum absolute atomic E-state index is 5.84. The van der Waals surface area contributed by atoms with Gasteiger partial charge in [-0.2, -0.15) is 0 Å². The van der Waals surface area contributed by atoms with Crippen LogP contribution < -0.4 is 15.2 Å². The molecule has 0 spiro atoms. The van der Waals surface area contributed by atoms with Gasteiger partial charge in [0.1, 0.15) is 18.1 Å². The van der Waals surface area contributed by atoms with Crippen LogP contribution in [-0.2, 0) is 13.7 Å². The Balaban J connectivity index is 1.83. The summed E-state index contributed by atoms with van der Waals surface area (Å²) < 4.78 is 13.1. The van der Waals surface area contributed by atoms with Crippen molar-refractivity contribution in [2.75, 3.05) is 12.8 Å². The number of anilines is 1. The summed E-state index contributed by atoms with van der Waals surface area (Å²) in [7, 11) is 3.67. The first kappa shape index (κ1) is 13.4. The standard InChI is InChI=1S/C17H18N2O2/c1-19-14(8-12-6-7-13(18)9-17(12)19)11-21-16-5-3-4-15(10-16)20-2/h3-10H,11,18H2,1-2H3. The number of nitrogens with zero attached hydrogens (tertiary/aromatic N) is 1. The number of methoxy groups -OCH3 is 1. The molecule has 2 N–H and O–H groups in total. The Hall–Kier alpha value is -2.62. The number of aryl methyl sites for hydroxylation is 1. The maximum atomic E-state index is 5.84. The molecule has 0 saturated carbocycles. The molecule has 0 atom stereocenters. The monoisotopic (exact) mass is 282 g/mol. The summed E-state index contributed by atoms with van der Waals surface area (Å²) >= 11 is 0. The van der Waals surface area contributed by atoms with Crippen LogP contribution in [0.5, 0.6) is 11.5 Å². The highest BCUT2D eigenvalue weighted by Crippen LogP contribution is 2.24. The van der Waals surface area contributed by atoms with Gasteiger partial charge in [0, 0.05) is 24.2 Å². The molecule has 0 bridgehead atoms. The summed E-state index contributed by atoms with van der Waals surface area (Å²) in [6, 6.07) is 15.6. The van der Waals surface area contributed by atoms with Crippen LogP contribution in [0.15, 0.2) is 48.5 Å². The van der Waals surface area contributed by atoms with Crippen LogP contribution in [0.4, 0.5) is 5.69 Å². The van der Waals surface area contributed by atoms with Crippen LogP contribution >= 0.6 is 0 Å². The van der Waals surface area contributed by atoms with E-state index >= 15 is 0 Å². The molecule has 0 saturated heterocycles. The summed E-state index contributed by atoms with van der Waals surface area (Å²) in [5.74, 6) is 1.58.